The zero-order chi connectivity index (χ0) is 13.0. The second-order valence-electron chi connectivity index (χ2n) is 5.12. The summed E-state index contributed by atoms with van der Waals surface area (Å²) in [7, 11) is 0. The van der Waals surface area contributed by atoms with E-state index in [0.717, 1.165) is 32.6 Å². The first-order valence-electron chi connectivity index (χ1n) is 6.79. The highest BCUT2D eigenvalue weighted by Crippen LogP contribution is 2.31. The molecule has 2 rings (SSSR count). The van der Waals surface area contributed by atoms with Crippen LogP contribution in [0.3, 0.4) is 0 Å². The third-order valence-electron chi connectivity index (χ3n) is 3.47. The number of hydrogen-bond acceptors (Lipinski definition) is 2. The number of hydrogen-bond donors (Lipinski definition) is 1. The van der Waals surface area contributed by atoms with E-state index in [0.29, 0.717) is 12.0 Å². The summed E-state index contributed by atoms with van der Waals surface area (Å²) in [6.07, 6.45) is 2.32. The molecule has 1 N–H and O–H groups in total. The lowest BCUT2D eigenvalue weighted by Crippen LogP contribution is -2.29. The predicted molar refractivity (Wildman–Crippen MR) is 78.8 cm³/mol. The summed E-state index contributed by atoms with van der Waals surface area (Å²) >= 11 is 3.60. The van der Waals surface area contributed by atoms with Gasteiger partial charge in [-0.15, -0.1) is 0 Å². The molecule has 1 aliphatic rings. The highest BCUT2D eigenvalue weighted by molar-refractivity contribution is 9.10. The standard InChI is InChI=1S/C15H22BrNO/c1-3-5-17-15(12-4-6-18-10-12)13-7-11(2)8-14(16)9-13/h7-9,12,15,17H,3-6,10H2,1-2H3. The third kappa shape index (κ3) is 3.56. The molecule has 0 aromatic heterocycles. The molecule has 0 amide bonds. The van der Waals surface area contributed by atoms with Crippen LogP contribution in [0.1, 0.15) is 36.9 Å². The second kappa shape index (κ2) is 6.69. The van der Waals surface area contributed by atoms with Crippen molar-refractivity contribution in [3.8, 4) is 0 Å². The molecule has 1 fully saturated rings. The van der Waals surface area contributed by atoms with Crippen molar-refractivity contribution in [1.82, 2.24) is 5.32 Å². The fraction of sp³-hybridized carbons (Fsp3) is 0.600. The first-order chi connectivity index (χ1) is 8.70. The lowest BCUT2D eigenvalue weighted by atomic mass is 9.91. The largest absolute Gasteiger partial charge is 0.381 e. The Morgan fingerprint density at radius 2 is 2.28 bits per heavy atom. The molecular formula is C15H22BrNO. The molecule has 1 heterocycles. The Labute approximate surface area is 118 Å². The maximum absolute atomic E-state index is 5.55. The van der Waals surface area contributed by atoms with Crippen LogP contribution in [-0.2, 0) is 4.74 Å². The van der Waals surface area contributed by atoms with Crippen LogP contribution in [-0.4, -0.2) is 19.8 Å². The summed E-state index contributed by atoms with van der Waals surface area (Å²) in [4.78, 5) is 0. The third-order valence-corrected chi connectivity index (χ3v) is 3.93. The Balaban J connectivity index is 2.20. The predicted octanol–water partition coefficient (Wildman–Crippen LogP) is 3.83. The van der Waals surface area contributed by atoms with Crippen molar-refractivity contribution in [1.29, 1.82) is 0 Å². The molecule has 2 unspecified atom stereocenters. The number of aryl methyl sites for hydroxylation is 1. The Kier molecular flexibility index (Phi) is 5.22. The molecule has 100 valence electrons. The van der Waals surface area contributed by atoms with Crippen LogP contribution in [0, 0.1) is 12.8 Å². The van der Waals surface area contributed by atoms with Crippen LogP contribution in [0.2, 0.25) is 0 Å². The lowest BCUT2D eigenvalue weighted by molar-refractivity contribution is 0.176. The average molecular weight is 312 g/mol. The zero-order valence-corrected chi connectivity index (χ0v) is 12.8. The normalized spacial score (nSPS) is 21.2. The number of rotatable bonds is 5. The smallest absolute Gasteiger partial charge is 0.0513 e. The number of ether oxygens (including phenoxy) is 1. The molecule has 1 aromatic carbocycles. The summed E-state index contributed by atoms with van der Waals surface area (Å²) < 4.78 is 6.71. The minimum Gasteiger partial charge on any atom is -0.381 e. The van der Waals surface area contributed by atoms with E-state index in [1.54, 1.807) is 0 Å². The van der Waals surface area contributed by atoms with Crippen molar-refractivity contribution in [2.45, 2.75) is 32.7 Å². The van der Waals surface area contributed by atoms with Gasteiger partial charge < -0.3 is 10.1 Å². The lowest BCUT2D eigenvalue weighted by Gasteiger charge is -2.25. The van der Waals surface area contributed by atoms with Crippen molar-refractivity contribution in [2.24, 2.45) is 5.92 Å². The molecule has 0 radical (unpaired) electrons. The molecule has 3 heteroatoms. The molecule has 18 heavy (non-hydrogen) atoms. The van der Waals surface area contributed by atoms with Crippen molar-refractivity contribution >= 4 is 15.9 Å². The van der Waals surface area contributed by atoms with Crippen LogP contribution in [0.4, 0.5) is 0 Å². The number of nitrogens with one attached hydrogen (secondary N) is 1. The molecule has 1 saturated heterocycles. The van der Waals surface area contributed by atoms with Gasteiger partial charge in [0, 0.05) is 23.0 Å². The maximum Gasteiger partial charge on any atom is 0.0513 e. The molecule has 2 nitrogen and oxygen atoms in total. The van der Waals surface area contributed by atoms with Crippen LogP contribution >= 0.6 is 15.9 Å². The van der Waals surface area contributed by atoms with E-state index in [9.17, 15) is 0 Å². The molecule has 1 aromatic rings. The van der Waals surface area contributed by atoms with Gasteiger partial charge >= 0.3 is 0 Å². The summed E-state index contributed by atoms with van der Waals surface area (Å²) in [6, 6.07) is 7.10. The van der Waals surface area contributed by atoms with Crippen LogP contribution in [0.15, 0.2) is 22.7 Å². The Bertz CT molecular complexity index is 368. The van der Waals surface area contributed by atoms with Gasteiger partial charge in [-0.25, -0.2) is 0 Å². The molecular weight excluding hydrogens is 290 g/mol. The van der Waals surface area contributed by atoms with Gasteiger partial charge in [-0.3, -0.25) is 0 Å². The second-order valence-corrected chi connectivity index (χ2v) is 6.03. The van der Waals surface area contributed by atoms with Crippen molar-refractivity contribution in [3.05, 3.63) is 33.8 Å². The van der Waals surface area contributed by atoms with Crippen molar-refractivity contribution in [2.75, 3.05) is 19.8 Å². The zero-order valence-electron chi connectivity index (χ0n) is 11.2. The van der Waals surface area contributed by atoms with E-state index in [-0.39, 0.29) is 0 Å². The molecule has 0 bridgehead atoms. The topological polar surface area (TPSA) is 21.3 Å². The molecule has 0 saturated carbocycles. The molecule has 0 aliphatic carbocycles. The van der Waals surface area contributed by atoms with Gasteiger partial charge in [0.05, 0.1) is 6.61 Å². The van der Waals surface area contributed by atoms with E-state index in [4.69, 9.17) is 4.74 Å². The van der Waals surface area contributed by atoms with Gasteiger partial charge in [0.2, 0.25) is 0 Å². The molecule has 1 aliphatic heterocycles. The molecule has 0 spiro atoms. The monoisotopic (exact) mass is 311 g/mol. The Morgan fingerprint density at radius 1 is 1.44 bits per heavy atom. The number of halogens is 1. The van der Waals surface area contributed by atoms with Gasteiger partial charge in [0.1, 0.15) is 0 Å². The van der Waals surface area contributed by atoms with Crippen molar-refractivity contribution < 1.29 is 4.74 Å². The highest BCUT2D eigenvalue weighted by Gasteiger charge is 2.26. The fourth-order valence-electron chi connectivity index (χ4n) is 2.62. The first kappa shape index (κ1) is 14.0. The first-order valence-corrected chi connectivity index (χ1v) is 7.58. The van der Waals surface area contributed by atoms with Crippen molar-refractivity contribution in [3.63, 3.8) is 0 Å². The van der Waals surface area contributed by atoms with Gasteiger partial charge in [-0.2, -0.15) is 0 Å². The SMILES string of the molecule is CCCNC(c1cc(C)cc(Br)c1)C1CCOC1. The van der Waals surface area contributed by atoms with E-state index in [1.165, 1.54) is 15.6 Å². The Morgan fingerprint density at radius 3 is 2.89 bits per heavy atom. The van der Waals surface area contributed by atoms with E-state index in [1.807, 2.05) is 0 Å². The van der Waals surface area contributed by atoms with E-state index in [2.05, 4.69) is 53.3 Å². The van der Waals surface area contributed by atoms with E-state index >= 15 is 0 Å². The van der Waals surface area contributed by atoms with Crippen LogP contribution in [0.25, 0.3) is 0 Å². The van der Waals surface area contributed by atoms with Gasteiger partial charge in [0.15, 0.2) is 0 Å². The number of benzene rings is 1. The quantitative estimate of drug-likeness (QED) is 0.892. The average Bonchev–Trinajstić information content (AvgIpc) is 2.82. The van der Waals surface area contributed by atoms with Crippen LogP contribution in [0.5, 0.6) is 0 Å². The van der Waals surface area contributed by atoms with Gasteiger partial charge in [-0.05, 0) is 49.6 Å². The minimum atomic E-state index is 0.420. The summed E-state index contributed by atoms with van der Waals surface area (Å²) in [5.41, 5.74) is 2.69. The summed E-state index contributed by atoms with van der Waals surface area (Å²) in [5, 5.41) is 3.68. The van der Waals surface area contributed by atoms with Gasteiger partial charge in [0.25, 0.3) is 0 Å². The highest BCUT2D eigenvalue weighted by atomic mass is 79.9. The minimum absolute atomic E-state index is 0.420. The van der Waals surface area contributed by atoms with Crippen LogP contribution < -0.4 is 5.32 Å². The molecule has 2 atom stereocenters. The Hall–Kier alpha value is -0.380. The fourth-order valence-corrected chi connectivity index (χ4v) is 3.24. The summed E-state index contributed by atoms with van der Waals surface area (Å²) in [5.74, 6) is 0.602. The van der Waals surface area contributed by atoms with Gasteiger partial charge in [-0.1, -0.05) is 28.9 Å². The van der Waals surface area contributed by atoms with E-state index < -0.39 is 0 Å². The maximum atomic E-state index is 5.55. The summed E-state index contributed by atoms with van der Waals surface area (Å²) in [6.45, 7) is 7.21.